The Bertz CT molecular complexity index is 306. The zero-order valence-electron chi connectivity index (χ0n) is 6.78. The first kappa shape index (κ1) is 8.70. The summed E-state index contributed by atoms with van der Waals surface area (Å²) in [5.74, 6) is -1.63. The summed E-state index contributed by atoms with van der Waals surface area (Å²) in [5, 5.41) is 8.51. The van der Waals surface area contributed by atoms with Crippen molar-refractivity contribution in [2.45, 2.75) is 12.6 Å². The molecule has 4 nitrogen and oxygen atoms in total. The van der Waals surface area contributed by atoms with Crippen LogP contribution in [0.2, 0.25) is 0 Å². The second-order valence-corrected chi connectivity index (χ2v) is 2.67. The molecule has 0 saturated carbocycles. The Morgan fingerprint density at radius 3 is 2.75 bits per heavy atom. The van der Waals surface area contributed by atoms with E-state index < -0.39 is 11.6 Å². The maximum absolute atomic E-state index is 13.4. The minimum Gasteiger partial charge on any atom is -0.479 e. The lowest BCUT2D eigenvalue weighted by Crippen LogP contribution is -2.30. The smallest absolute Gasteiger partial charge is 0.349 e. The van der Waals surface area contributed by atoms with Gasteiger partial charge in [0, 0.05) is 19.4 Å². The van der Waals surface area contributed by atoms with Gasteiger partial charge in [-0.3, -0.25) is 0 Å². The predicted octanol–water partition coefficient (Wildman–Crippen LogP) is 0.689. The van der Waals surface area contributed by atoms with E-state index in [-0.39, 0.29) is 5.82 Å². The summed E-state index contributed by atoms with van der Waals surface area (Å²) >= 11 is 0. The molecule has 0 radical (unpaired) electrons. The second kappa shape index (κ2) is 2.58. The molecule has 66 valence electrons. The van der Waals surface area contributed by atoms with Gasteiger partial charge in [0.25, 0.3) is 5.67 Å². The van der Waals surface area contributed by atoms with Crippen LogP contribution in [0.5, 0.6) is 0 Å². The van der Waals surface area contributed by atoms with Gasteiger partial charge in [-0.05, 0) is 6.92 Å². The molecule has 0 amide bonds. The van der Waals surface area contributed by atoms with Crippen molar-refractivity contribution in [2.75, 3.05) is 0 Å². The van der Waals surface area contributed by atoms with E-state index in [1.165, 1.54) is 17.0 Å². The topological polar surface area (TPSA) is 55.1 Å². The third-order valence-electron chi connectivity index (χ3n) is 1.64. The number of carboxylic acid groups (broad SMARTS) is 1. The summed E-state index contributed by atoms with van der Waals surface area (Å²) in [5.41, 5.74) is -2.42. The first-order valence-corrected chi connectivity index (χ1v) is 3.36. The van der Waals surface area contributed by atoms with Gasteiger partial charge in [-0.1, -0.05) is 0 Å². The fourth-order valence-corrected chi connectivity index (χ4v) is 0.914. The zero-order valence-corrected chi connectivity index (χ0v) is 6.78. The predicted molar refractivity (Wildman–Crippen MR) is 39.3 cm³/mol. The zero-order chi connectivity index (χ0) is 9.35. The normalized spacial score (nSPS) is 15.6. The fraction of sp³-hybridized carbons (Fsp3) is 0.429. The van der Waals surface area contributed by atoms with E-state index >= 15 is 0 Å². The highest BCUT2D eigenvalue weighted by Gasteiger charge is 2.38. The summed E-state index contributed by atoms with van der Waals surface area (Å²) in [6.45, 7) is 0.970. The molecule has 0 saturated heterocycles. The van der Waals surface area contributed by atoms with Crippen molar-refractivity contribution in [1.82, 2.24) is 9.55 Å². The van der Waals surface area contributed by atoms with Crippen LogP contribution in [0.3, 0.4) is 0 Å². The summed E-state index contributed by atoms with van der Waals surface area (Å²) < 4.78 is 14.7. The molecule has 1 heterocycles. The third kappa shape index (κ3) is 1.17. The van der Waals surface area contributed by atoms with Gasteiger partial charge in [-0.15, -0.1) is 0 Å². The van der Waals surface area contributed by atoms with Gasteiger partial charge in [-0.2, -0.15) is 0 Å². The average Bonchev–Trinajstić information content (AvgIpc) is 2.35. The van der Waals surface area contributed by atoms with Gasteiger partial charge in [0.2, 0.25) is 0 Å². The molecular formula is C7H9FN2O2. The van der Waals surface area contributed by atoms with Gasteiger partial charge in [0.1, 0.15) is 0 Å². The number of carboxylic acids is 1. The summed E-state index contributed by atoms with van der Waals surface area (Å²) in [6.07, 6.45) is 2.85. The molecule has 12 heavy (non-hydrogen) atoms. The van der Waals surface area contributed by atoms with Crippen molar-refractivity contribution in [3.63, 3.8) is 0 Å². The van der Waals surface area contributed by atoms with E-state index in [1.807, 2.05) is 0 Å². The first-order valence-electron chi connectivity index (χ1n) is 3.36. The van der Waals surface area contributed by atoms with Crippen molar-refractivity contribution >= 4 is 5.97 Å². The highest BCUT2D eigenvalue weighted by molar-refractivity contribution is 5.77. The quantitative estimate of drug-likeness (QED) is 0.714. The molecular weight excluding hydrogens is 163 g/mol. The molecule has 0 aliphatic carbocycles. The minimum atomic E-state index is -2.42. The number of hydrogen-bond acceptors (Lipinski definition) is 2. The van der Waals surface area contributed by atoms with Crippen LogP contribution in [0.1, 0.15) is 12.7 Å². The van der Waals surface area contributed by atoms with Crippen molar-refractivity contribution < 1.29 is 14.3 Å². The Labute approximate surface area is 68.7 Å². The number of carbonyl (C=O) groups is 1. The molecule has 0 fully saturated rings. The van der Waals surface area contributed by atoms with Crippen LogP contribution in [0.4, 0.5) is 4.39 Å². The molecule has 0 spiro atoms. The van der Waals surface area contributed by atoms with Crippen LogP contribution < -0.4 is 0 Å². The summed E-state index contributed by atoms with van der Waals surface area (Å²) in [6, 6.07) is 0. The molecule has 0 aromatic carbocycles. The fourth-order valence-electron chi connectivity index (χ4n) is 0.914. The van der Waals surface area contributed by atoms with E-state index in [0.29, 0.717) is 0 Å². The van der Waals surface area contributed by atoms with E-state index in [2.05, 4.69) is 4.98 Å². The van der Waals surface area contributed by atoms with Crippen molar-refractivity contribution in [3.05, 3.63) is 18.2 Å². The third-order valence-corrected chi connectivity index (χ3v) is 1.64. The number of nitrogens with zero attached hydrogens (tertiary/aromatic N) is 2. The molecule has 1 N–H and O–H groups in total. The number of rotatable bonds is 2. The average molecular weight is 172 g/mol. The summed E-state index contributed by atoms with van der Waals surface area (Å²) in [4.78, 5) is 14.1. The maximum Gasteiger partial charge on any atom is 0.349 e. The van der Waals surface area contributed by atoms with Crippen LogP contribution in [0.25, 0.3) is 0 Å². The van der Waals surface area contributed by atoms with Gasteiger partial charge < -0.3 is 9.67 Å². The number of halogens is 1. The van der Waals surface area contributed by atoms with Crippen molar-refractivity contribution in [1.29, 1.82) is 0 Å². The van der Waals surface area contributed by atoms with Crippen LogP contribution in [0, 0.1) is 0 Å². The highest BCUT2D eigenvalue weighted by Crippen LogP contribution is 2.23. The number of imidazole rings is 1. The van der Waals surface area contributed by atoms with Crippen LogP contribution in [-0.2, 0) is 17.5 Å². The largest absolute Gasteiger partial charge is 0.479 e. The Morgan fingerprint density at radius 2 is 2.42 bits per heavy atom. The number of hydrogen-bond donors (Lipinski definition) is 1. The lowest BCUT2D eigenvalue weighted by atomic mass is 10.1. The monoisotopic (exact) mass is 172 g/mol. The maximum atomic E-state index is 13.4. The number of aliphatic carboxylic acids is 1. The van der Waals surface area contributed by atoms with Gasteiger partial charge in [0.15, 0.2) is 5.82 Å². The summed E-state index contributed by atoms with van der Waals surface area (Å²) in [7, 11) is 1.54. The Kier molecular flexibility index (Phi) is 1.87. The highest BCUT2D eigenvalue weighted by atomic mass is 19.1. The minimum absolute atomic E-state index is 0.102. The number of aryl methyl sites for hydroxylation is 1. The van der Waals surface area contributed by atoms with Crippen molar-refractivity contribution in [3.8, 4) is 0 Å². The van der Waals surface area contributed by atoms with E-state index in [1.54, 1.807) is 7.05 Å². The molecule has 5 heteroatoms. The molecule has 0 aliphatic heterocycles. The Morgan fingerprint density at radius 1 is 1.83 bits per heavy atom. The van der Waals surface area contributed by atoms with E-state index in [9.17, 15) is 9.18 Å². The molecule has 1 atom stereocenters. The Hall–Kier alpha value is -1.39. The number of aromatic nitrogens is 2. The Balaban J connectivity index is 3.13. The standard InChI is InChI=1S/C7H9FN2O2/c1-7(8,6(11)12)5-9-3-4-10(5)2/h3-4H,1-2H3,(H,11,12). The first-order chi connectivity index (χ1) is 5.46. The van der Waals surface area contributed by atoms with Crippen LogP contribution in [0.15, 0.2) is 12.4 Å². The molecule has 0 aliphatic rings. The second-order valence-electron chi connectivity index (χ2n) is 2.67. The number of alkyl halides is 1. The molecule has 1 aromatic heterocycles. The van der Waals surface area contributed by atoms with Gasteiger partial charge >= 0.3 is 5.97 Å². The van der Waals surface area contributed by atoms with Gasteiger partial charge in [0.05, 0.1) is 0 Å². The van der Waals surface area contributed by atoms with Crippen molar-refractivity contribution in [2.24, 2.45) is 7.05 Å². The molecule has 1 rings (SSSR count). The molecule has 1 unspecified atom stereocenters. The SMILES string of the molecule is Cn1ccnc1C(C)(F)C(=O)O. The lowest BCUT2D eigenvalue weighted by molar-refractivity contribution is -0.151. The molecule has 0 bridgehead atoms. The van der Waals surface area contributed by atoms with E-state index in [4.69, 9.17) is 5.11 Å². The lowest BCUT2D eigenvalue weighted by Gasteiger charge is -2.13. The van der Waals surface area contributed by atoms with Crippen LogP contribution in [-0.4, -0.2) is 20.6 Å². The molecule has 1 aromatic rings. The van der Waals surface area contributed by atoms with Gasteiger partial charge in [-0.25, -0.2) is 14.2 Å². The van der Waals surface area contributed by atoms with E-state index in [0.717, 1.165) is 6.92 Å². The van der Waals surface area contributed by atoms with Crippen LogP contribution >= 0.6 is 0 Å².